The number of halogens is 2. The SMILES string of the molecule is CC(C)=CC(NN)c1ccc(Cl)c(F)c1. The maximum atomic E-state index is 13.2. The van der Waals surface area contributed by atoms with Crippen LogP contribution in [0.3, 0.4) is 0 Å². The van der Waals surface area contributed by atoms with Gasteiger partial charge in [-0.3, -0.25) is 5.84 Å². The minimum atomic E-state index is -0.434. The Kier molecular flexibility index (Phi) is 4.27. The van der Waals surface area contributed by atoms with Crippen LogP contribution in [-0.4, -0.2) is 0 Å². The smallest absolute Gasteiger partial charge is 0.142 e. The van der Waals surface area contributed by atoms with Gasteiger partial charge in [0.2, 0.25) is 0 Å². The van der Waals surface area contributed by atoms with E-state index in [0.29, 0.717) is 0 Å². The van der Waals surface area contributed by atoms with Crippen LogP contribution >= 0.6 is 11.6 Å². The number of hydrazine groups is 1. The number of benzene rings is 1. The second-order valence-electron chi connectivity index (χ2n) is 3.56. The van der Waals surface area contributed by atoms with Crippen LogP contribution in [0.25, 0.3) is 0 Å². The highest BCUT2D eigenvalue weighted by Gasteiger charge is 2.08. The van der Waals surface area contributed by atoms with Gasteiger partial charge < -0.3 is 0 Å². The van der Waals surface area contributed by atoms with Gasteiger partial charge in [-0.15, -0.1) is 0 Å². The van der Waals surface area contributed by atoms with Crippen LogP contribution in [0, 0.1) is 5.82 Å². The fourth-order valence-corrected chi connectivity index (χ4v) is 1.40. The summed E-state index contributed by atoms with van der Waals surface area (Å²) in [6, 6.07) is 4.46. The lowest BCUT2D eigenvalue weighted by molar-refractivity contribution is 0.611. The fourth-order valence-electron chi connectivity index (χ4n) is 1.28. The summed E-state index contributed by atoms with van der Waals surface area (Å²) in [6.07, 6.45) is 1.92. The van der Waals surface area contributed by atoms with E-state index in [-0.39, 0.29) is 11.1 Å². The highest BCUT2D eigenvalue weighted by atomic mass is 35.5. The molecule has 0 heterocycles. The first kappa shape index (κ1) is 12.2. The molecule has 1 unspecified atom stereocenters. The van der Waals surface area contributed by atoms with E-state index < -0.39 is 5.82 Å². The molecule has 1 aromatic carbocycles. The van der Waals surface area contributed by atoms with E-state index in [1.807, 2.05) is 19.9 Å². The predicted octanol–water partition coefficient (Wildman–Crippen LogP) is 2.95. The Balaban J connectivity index is 3.03. The van der Waals surface area contributed by atoms with Crippen LogP contribution in [0.1, 0.15) is 25.5 Å². The average Bonchev–Trinajstić information content (AvgIpc) is 2.18. The second-order valence-corrected chi connectivity index (χ2v) is 3.97. The maximum absolute atomic E-state index is 13.2. The van der Waals surface area contributed by atoms with Gasteiger partial charge >= 0.3 is 0 Å². The van der Waals surface area contributed by atoms with E-state index in [1.54, 1.807) is 6.07 Å². The van der Waals surface area contributed by atoms with Crippen molar-refractivity contribution in [2.75, 3.05) is 0 Å². The lowest BCUT2D eigenvalue weighted by atomic mass is 10.1. The molecule has 0 amide bonds. The molecule has 0 saturated heterocycles. The second kappa shape index (κ2) is 5.26. The zero-order chi connectivity index (χ0) is 11.4. The molecule has 15 heavy (non-hydrogen) atoms. The molecule has 0 spiro atoms. The molecule has 1 atom stereocenters. The Labute approximate surface area is 93.9 Å². The number of hydrogen-bond donors (Lipinski definition) is 2. The van der Waals surface area contributed by atoms with Gasteiger partial charge in [0.1, 0.15) is 5.82 Å². The normalized spacial score (nSPS) is 12.3. The lowest BCUT2D eigenvalue weighted by Gasteiger charge is -2.13. The zero-order valence-electron chi connectivity index (χ0n) is 8.72. The van der Waals surface area contributed by atoms with Crippen molar-refractivity contribution in [3.05, 3.63) is 46.3 Å². The van der Waals surface area contributed by atoms with E-state index in [9.17, 15) is 4.39 Å². The summed E-state index contributed by atoms with van der Waals surface area (Å²) in [7, 11) is 0. The molecule has 0 aliphatic carbocycles. The van der Waals surface area contributed by atoms with E-state index in [0.717, 1.165) is 11.1 Å². The standard InChI is InChI=1S/C11H14ClFN2/c1-7(2)5-11(15-14)8-3-4-9(12)10(13)6-8/h3-6,11,15H,14H2,1-2H3. The largest absolute Gasteiger partial charge is 0.271 e. The van der Waals surface area contributed by atoms with Crippen LogP contribution in [-0.2, 0) is 0 Å². The first-order chi connectivity index (χ1) is 7.04. The highest BCUT2D eigenvalue weighted by molar-refractivity contribution is 6.30. The van der Waals surface area contributed by atoms with Crippen LogP contribution in [0.2, 0.25) is 5.02 Å². The summed E-state index contributed by atoms with van der Waals surface area (Å²) in [4.78, 5) is 0. The van der Waals surface area contributed by atoms with Gasteiger partial charge in [-0.2, -0.15) is 0 Å². The molecule has 0 fully saturated rings. The summed E-state index contributed by atoms with van der Waals surface area (Å²) in [6.45, 7) is 3.91. The summed E-state index contributed by atoms with van der Waals surface area (Å²) in [5, 5.41) is 0.117. The van der Waals surface area contributed by atoms with E-state index in [2.05, 4.69) is 5.43 Å². The van der Waals surface area contributed by atoms with E-state index in [1.165, 1.54) is 12.1 Å². The summed E-state index contributed by atoms with van der Waals surface area (Å²) < 4.78 is 13.2. The molecule has 0 aliphatic heterocycles. The van der Waals surface area contributed by atoms with Gasteiger partial charge in [-0.25, -0.2) is 9.82 Å². The molecule has 0 bridgehead atoms. The molecule has 82 valence electrons. The third-order valence-electron chi connectivity index (χ3n) is 1.98. The molecule has 1 rings (SSSR count). The molecule has 3 N–H and O–H groups in total. The molecule has 4 heteroatoms. The minimum Gasteiger partial charge on any atom is -0.271 e. The average molecular weight is 229 g/mol. The molecule has 0 aromatic heterocycles. The van der Waals surface area contributed by atoms with Gasteiger partial charge in [0, 0.05) is 0 Å². The molecular formula is C11H14ClFN2. The van der Waals surface area contributed by atoms with E-state index in [4.69, 9.17) is 17.4 Å². The number of hydrogen-bond acceptors (Lipinski definition) is 2. The van der Waals surface area contributed by atoms with Crippen molar-refractivity contribution in [1.82, 2.24) is 5.43 Å². The van der Waals surface area contributed by atoms with Crippen LogP contribution in [0.15, 0.2) is 29.8 Å². The quantitative estimate of drug-likeness (QED) is 0.474. The predicted molar refractivity (Wildman–Crippen MR) is 60.9 cm³/mol. The minimum absolute atomic E-state index is 0.117. The van der Waals surface area contributed by atoms with Gasteiger partial charge in [0.25, 0.3) is 0 Å². The van der Waals surface area contributed by atoms with Gasteiger partial charge in [0.05, 0.1) is 11.1 Å². The molecule has 1 aromatic rings. The maximum Gasteiger partial charge on any atom is 0.142 e. The zero-order valence-corrected chi connectivity index (χ0v) is 9.48. The number of nitrogens with one attached hydrogen (secondary N) is 1. The van der Waals surface area contributed by atoms with Gasteiger partial charge in [-0.05, 0) is 31.5 Å². The van der Waals surface area contributed by atoms with E-state index >= 15 is 0 Å². The Bertz CT molecular complexity index is 373. The molecule has 0 aliphatic rings. The van der Waals surface area contributed by atoms with Crippen molar-refractivity contribution in [2.24, 2.45) is 5.84 Å². The third-order valence-corrected chi connectivity index (χ3v) is 2.29. The highest BCUT2D eigenvalue weighted by Crippen LogP contribution is 2.21. The number of rotatable bonds is 3. The van der Waals surface area contributed by atoms with Crippen molar-refractivity contribution in [2.45, 2.75) is 19.9 Å². The lowest BCUT2D eigenvalue weighted by Crippen LogP contribution is -2.26. The van der Waals surface area contributed by atoms with Crippen molar-refractivity contribution in [3.8, 4) is 0 Å². The summed E-state index contributed by atoms with van der Waals surface area (Å²) in [5.41, 5.74) is 4.47. The Hall–Kier alpha value is -0.900. The van der Waals surface area contributed by atoms with Crippen LogP contribution in [0.4, 0.5) is 4.39 Å². The fraction of sp³-hybridized carbons (Fsp3) is 0.273. The van der Waals surface area contributed by atoms with Gasteiger partial charge in [0.15, 0.2) is 0 Å². The first-order valence-electron chi connectivity index (χ1n) is 4.60. The molecule has 2 nitrogen and oxygen atoms in total. The Morgan fingerprint density at radius 1 is 1.53 bits per heavy atom. The Morgan fingerprint density at radius 3 is 2.67 bits per heavy atom. The van der Waals surface area contributed by atoms with Crippen molar-refractivity contribution >= 4 is 11.6 Å². The first-order valence-corrected chi connectivity index (χ1v) is 4.98. The van der Waals surface area contributed by atoms with Crippen LogP contribution < -0.4 is 11.3 Å². The number of allylic oxidation sites excluding steroid dienone is 1. The van der Waals surface area contributed by atoms with Gasteiger partial charge in [-0.1, -0.05) is 29.3 Å². The topological polar surface area (TPSA) is 38.0 Å². The van der Waals surface area contributed by atoms with Crippen LogP contribution in [0.5, 0.6) is 0 Å². The van der Waals surface area contributed by atoms with Crippen molar-refractivity contribution in [3.63, 3.8) is 0 Å². The summed E-state index contributed by atoms with van der Waals surface area (Å²) in [5.74, 6) is 4.96. The van der Waals surface area contributed by atoms with Crippen molar-refractivity contribution in [1.29, 1.82) is 0 Å². The summed E-state index contributed by atoms with van der Waals surface area (Å²) >= 11 is 5.59. The molecule has 0 radical (unpaired) electrons. The third kappa shape index (κ3) is 3.30. The molecule has 0 saturated carbocycles. The number of nitrogens with two attached hydrogens (primary N) is 1. The monoisotopic (exact) mass is 228 g/mol. The molecular weight excluding hydrogens is 215 g/mol. The Morgan fingerprint density at radius 2 is 2.20 bits per heavy atom. The van der Waals surface area contributed by atoms with Crippen molar-refractivity contribution < 1.29 is 4.39 Å².